The van der Waals surface area contributed by atoms with Crippen molar-refractivity contribution in [3.05, 3.63) is 68.6 Å². The summed E-state index contributed by atoms with van der Waals surface area (Å²) in [6, 6.07) is 14.1. The van der Waals surface area contributed by atoms with Crippen LogP contribution in [0.1, 0.15) is 73.1 Å². The Kier molecular flexibility index (Phi) is 10.6. The fourth-order valence-electron chi connectivity index (χ4n) is 3.08. The Balaban J connectivity index is 1.96. The molecule has 0 saturated carbocycles. The average molecular weight is 540 g/mol. The van der Waals surface area contributed by atoms with Gasteiger partial charge in [-0.25, -0.2) is 9.59 Å². The summed E-state index contributed by atoms with van der Waals surface area (Å²) in [4.78, 5) is 24.9. The van der Waals surface area contributed by atoms with Crippen LogP contribution in [0.15, 0.2) is 57.5 Å². The van der Waals surface area contributed by atoms with Crippen molar-refractivity contribution in [2.24, 2.45) is 0 Å². The second kappa shape index (κ2) is 12.9. The predicted molar refractivity (Wildman–Crippen MR) is 126 cm³/mol. The Morgan fingerprint density at radius 1 is 0.800 bits per heavy atom. The van der Waals surface area contributed by atoms with Gasteiger partial charge in [0, 0.05) is 15.4 Å². The zero-order valence-electron chi connectivity index (χ0n) is 17.4. The van der Waals surface area contributed by atoms with Gasteiger partial charge in [-0.15, -0.1) is 0 Å². The fourth-order valence-corrected chi connectivity index (χ4v) is 3.61. The molecule has 0 spiro atoms. The van der Waals surface area contributed by atoms with E-state index in [1.807, 2.05) is 19.1 Å². The highest BCUT2D eigenvalue weighted by Crippen LogP contribution is 2.19. The highest BCUT2D eigenvalue weighted by Gasteiger charge is 2.21. The summed E-state index contributed by atoms with van der Waals surface area (Å²) in [5.74, 6) is -0.728. The number of hydrogen-bond donors (Lipinski definition) is 0. The molecule has 0 aromatic heterocycles. The van der Waals surface area contributed by atoms with Gasteiger partial charge in [0.25, 0.3) is 0 Å². The lowest BCUT2D eigenvalue weighted by atomic mass is 10.0. The van der Waals surface area contributed by atoms with Crippen LogP contribution < -0.4 is 0 Å². The number of carbonyl (C=O) groups excluding carboxylic acids is 2. The molecular formula is C24H28Br2O4. The van der Waals surface area contributed by atoms with E-state index in [0.29, 0.717) is 17.5 Å². The monoisotopic (exact) mass is 538 g/mol. The van der Waals surface area contributed by atoms with Gasteiger partial charge >= 0.3 is 11.9 Å². The van der Waals surface area contributed by atoms with Crippen LogP contribution in [-0.2, 0) is 9.47 Å². The number of ether oxygens (including phenoxy) is 2. The highest BCUT2D eigenvalue weighted by molar-refractivity contribution is 9.10. The Bertz CT molecular complexity index is 803. The smallest absolute Gasteiger partial charge is 0.338 e. The van der Waals surface area contributed by atoms with E-state index in [1.165, 1.54) is 0 Å². The average Bonchev–Trinajstić information content (AvgIpc) is 2.71. The predicted octanol–water partition coefficient (Wildman–Crippen LogP) is 7.34. The van der Waals surface area contributed by atoms with Crippen LogP contribution in [0, 0.1) is 0 Å². The van der Waals surface area contributed by atoms with E-state index in [-0.39, 0.29) is 24.1 Å². The van der Waals surface area contributed by atoms with E-state index in [4.69, 9.17) is 9.47 Å². The van der Waals surface area contributed by atoms with Gasteiger partial charge < -0.3 is 9.47 Å². The molecule has 2 rings (SSSR count). The molecular weight excluding hydrogens is 512 g/mol. The standard InChI is InChI=1S/C24H28Br2O4/c1-3-4-5-6-7-22(30-24(28)19-10-14-21(26)15-11-19)16-17(2)29-23(27)18-8-12-20(25)13-9-18/h8-15,17,22H,3-7,16H2,1-2H3/t17-,22-/m1/s1. The van der Waals surface area contributed by atoms with Gasteiger partial charge in [0.1, 0.15) is 12.2 Å². The Labute approximate surface area is 195 Å². The van der Waals surface area contributed by atoms with E-state index in [1.54, 1.807) is 36.4 Å². The third-order valence-electron chi connectivity index (χ3n) is 4.72. The summed E-state index contributed by atoms with van der Waals surface area (Å²) in [5.41, 5.74) is 1.01. The third-order valence-corrected chi connectivity index (χ3v) is 5.77. The Hall–Kier alpha value is -1.66. The van der Waals surface area contributed by atoms with Crippen LogP contribution in [0.4, 0.5) is 0 Å². The van der Waals surface area contributed by atoms with Crippen LogP contribution in [0.25, 0.3) is 0 Å². The first-order valence-electron chi connectivity index (χ1n) is 10.3. The molecule has 0 N–H and O–H groups in total. The summed E-state index contributed by atoms with van der Waals surface area (Å²) in [6.07, 6.45) is 4.92. The van der Waals surface area contributed by atoms with Crippen molar-refractivity contribution in [3.8, 4) is 0 Å². The molecule has 0 saturated heterocycles. The van der Waals surface area contributed by atoms with Crippen LogP contribution in [0.5, 0.6) is 0 Å². The van der Waals surface area contributed by atoms with Crippen LogP contribution in [-0.4, -0.2) is 24.1 Å². The molecule has 2 aromatic carbocycles. The second-order valence-electron chi connectivity index (χ2n) is 7.34. The van der Waals surface area contributed by atoms with Crippen molar-refractivity contribution >= 4 is 43.8 Å². The molecule has 4 nitrogen and oxygen atoms in total. The van der Waals surface area contributed by atoms with Gasteiger partial charge in [-0.05, 0) is 68.3 Å². The maximum atomic E-state index is 12.6. The molecule has 0 radical (unpaired) electrons. The van der Waals surface area contributed by atoms with Gasteiger partial charge in [-0.1, -0.05) is 58.0 Å². The number of unbranched alkanes of at least 4 members (excludes halogenated alkanes) is 3. The number of halogens is 2. The largest absolute Gasteiger partial charge is 0.459 e. The normalized spacial score (nSPS) is 12.8. The first-order valence-corrected chi connectivity index (χ1v) is 11.9. The molecule has 30 heavy (non-hydrogen) atoms. The zero-order valence-corrected chi connectivity index (χ0v) is 20.6. The molecule has 0 aliphatic heterocycles. The number of rotatable bonds is 11. The van der Waals surface area contributed by atoms with Crippen molar-refractivity contribution in [1.29, 1.82) is 0 Å². The third kappa shape index (κ3) is 8.60. The molecule has 2 atom stereocenters. The van der Waals surface area contributed by atoms with E-state index >= 15 is 0 Å². The lowest BCUT2D eigenvalue weighted by Crippen LogP contribution is -2.26. The number of benzene rings is 2. The maximum absolute atomic E-state index is 12.6. The number of hydrogen-bond acceptors (Lipinski definition) is 4. The van der Waals surface area contributed by atoms with Crippen LogP contribution >= 0.6 is 31.9 Å². The van der Waals surface area contributed by atoms with E-state index in [2.05, 4.69) is 38.8 Å². The van der Waals surface area contributed by atoms with Gasteiger partial charge in [-0.3, -0.25) is 0 Å². The first-order chi connectivity index (χ1) is 14.4. The van der Waals surface area contributed by atoms with Crippen molar-refractivity contribution in [2.45, 2.75) is 64.6 Å². The molecule has 0 bridgehead atoms. The number of esters is 2. The number of carbonyl (C=O) groups is 2. The van der Waals surface area contributed by atoms with E-state index in [0.717, 1.165) is 41.0 Å². The minimum Gasteiger partial charge on any atom is -0.459 e. The molecule has 0 heterocycles. The molecule has 0 unspecified atom stereocenters. The molecule has 2 aromatic rings. The van der Waals surface area contributed by atoms with Crippen LogP contribution in [0.2, 0.25) is 0 Å². The zero-order chi connectivity index (χ0) is 21.9. The quantitative estimate of drug-likeness (QED) is 0.221. The molecule has 0 aliphatic rings. The van der Waals surface area contributed by atoms with Gasteiger partial charge in [-0.2, -0.15) is 0 Å². The van der Waals surface area contributed by atoms with Crippen molar-refractivity contribution in [3.63, 3.8) is 0 Å². The van der Waals surface area contributed by atoms with Crippen LogP contribution in [0.3, 0.4) is 0 Å². The fraction of sp³-hybridized carbons (Fsp3) is 0.417. The first kappa shape index (κ1) is 24.6. The minimum absolute atomic E-state index is 0.300. The summed E-state index contributed by atoms with van der Waals surface area (Å²) in [5, 5.41) is 0. The highest BCUT2D eigenvalue weighted by atomic mass is 79.9. The summed E-state index contributed by atoms with van der Waals surface area (Å²) >= 11 is 6.73. The SMILES string of the molecule is CCCCCC[C@H](C[C@@H](C)OC(=O)c1ccc(Br)cc1)OC(=O)c1ccc(Br)cc1. The Morgan fingerprint density at radius 3 is 1.80 bits per heavy atom. The summed E-state index contributed by atoms with van der Waals surface area (Å²) < 4.78 is 13.2. The van der Waals surface area contributed by atoms with E-state index in [9.17, 15) is 9.59 Å². The summed E-state index contributed by atoms with van der Waals surface area (Å²) in [6.45, 7) is 4.00. The molecule has 0 amide bonds. The van der Waals surface area contributed by atoms with Gasteiger partial charge in [0.2, 0.25) is 0 Å². The molecule has 162 valence electrons. The topological polar surface area (TPSA) is 52.6 Å². The lowest BCUT2D eigenvalue weighted by Gasteiger charge is -2.22. The minimum atomic E-state index is -0.376. The van der Waals surface area contributed by atoms with Crippen molar-refractivity contribution < 1.29 is 19.1 Å². The lowest BCUT2D eigenvalue weighted by molar-refractivity contribution is 0.00120. The summed E-state index contributed by atoms with van der Waals surface area (Å²) in [7, 11) is 0. The van der Waals surface area contributed by atoms with Gasteiger partial charge in [0.15, 0.2) is 0 Å². The van der Waals surface area contributed by atoms with E-state index < -0.39 is 0 Å². The van der Waals surface area contributed by atoms with Crippen molar-refractivity contribution in [2.75, 3.05) is 0 Å². The Morgan fingerprint density at radius 2 is 1.30 bits per heavy atom. The molecule has 0 aliphatic carbocycles. The maximum Gasteiger partial charge on any atom is 0.338 e. The second-order valence-corrected chi connectivity index (χ2v) is 9.17. The van der Waals surface area contributed by atoms with Crippen molar-refractivity contribution in [1.82, 2.24) is 0 Å². The molecule has 0 fully saturated rings. The van der Waals surface area contributed by atoms with Gasteiger partial charge in [0.05, 0.1) is 11.1 Å². The molecule has 6 heteroatoms.